The molecular weight excluding hydrogens is 300 g/mol. The molecule has 4 rings (SSSR count). The molecule has 124 valence electrons. The quantitative estimate of drug-likeness (QED) is 0.928. The molecule has 2 aliphatic rings. The van der Waals surface area contributed by atoms with Crippen LogP contribution in [-0.4, -0.2) is 20.7 Å². The Balaban J connectivity index is 0.00000182. The first kappa shape index (κ1) is 14.9. The van der Waals surface area contributed by atoms with E-state index < -0.39 is 0 Å². The van der Waals surface area contributed by atoms with E-state index in [4.69, 9.17) is 0 Å². The maximum Gasteiger partial charge on any atom is 0.236 e. The molecule has 1 saturated carbocycles. The van der Waals surface area contributed by atoms with E-state index in [1.165, 1.54) is 11.1 Å². The summed E-state index contributed by atoms with van der Waals surface area (Å²) in [6.45, 7) is 2.14. The Morgan fingerprint density at radius 1 is 1.29 bits per heavy atom. The third-order valence-corrected chi connectivity index (χ3v) is 4.89. The number of amides is 1. The van der Waals surface area contributed by atoms with E-state index in [0.717, 1.165) is 31.4 Å². The summed E-state index contributed by atoms with van der Waals surface area (Å²) in [5.74, 6) is 0.643. The van der Waals surface area contributed by atoms with E-state index in [1.807, 2.05) is 24.4 Å². The summed E-state index contributed by atoms with van der Waals surface area (Å²) in [5.41, 5.74) is 3.12. The van der Waals surface area contributed by atoms with Crippen molar-refractivity contribution in [2.45, 2.75) is 32.6 Å². The molecule has 0 spiro atoms. The van der Waals surface area contributed by atoms with E-state index in [0.29, 0.717) is 5.82 Å². The highest BCUT2D eigenvalue weighted by atomic mass is 16.2. The molecule has 24 heavy (non-hydrogen) atoms. The van der Waals surface area contributed by atoms with E-state index in [9.17, 15) is 4.79 Å². The number of rotatable bonds is 4. The summed E-state index contributed by atoms with van der Waals surface area (Å²) in [6, 6.07) is 5.58. The Morgan fingerprint density at radius 2 is 2.08 bits per heavy atom. The van der Waals surface area contributed by atoms with Gasteiger partial charge in [0.05, 0.1) is 11.1 Å². The van der Waals surface area contributed by atoms with Crippen molar-refractivity contribution in [3.8, 4) is 5.69 Å². The summed E-state index contributed by atoms with van der Waals surface area (Å²) >= 11 is 0. The second-order valence-electron chi connectivity index (χ2n) is 6.52. The lowest BCUT2D eigenvalue weighted by Gasteiger charge is -2.21. The van der Waals surface area contributed by atoms with Gasteiger partial charge in [-0.25, -0.2) is 4.68 Å². The van der Waals surface area contributed by atoms with Crippen molar-refractivity contribution in [3.05, 3.63) is 60.1 Å². The van der Waals surface area contributed by atoms with Crippen molar-refractivity contribution in [1.82, 2.24) is 14.8 Å². The van der Waals surface area contributed by atoms with Crippen LogP contribution < -0.4 is 5.32 Å². The Labute approximate surface area is 142 Å². The van der Waals surface area contributed by atoms with Crippen molar-refractivity contribution in [1.29, 1.82) is 0 Å². The minimum absolute atomic E-state index is 0. The lowest BCUT2D eigenvalue weighted by atomic mass is 9.86. The van der Waals surface area contributed by atoms with Gasteiger partial charge in [0.2, 0.25) is 5.91 Å². The van der Waals surface area contributed by atoms with E-state index in [2.05, 4.69) is 34.5 Å². The summed E-state index contributed by atoms with van der Waals surface area (Å²) < 4.78 is 1.74. The second-order valence-corrected chi connectivity index (χ2v) is 6.52. The Bertz CT molecular complexity index is 834. The number of anilines is 1. The Kier molecular flexibility index (Phi) is 3.56. The lowest BCUT2D eigenvalue weighted by Crippen LogP contribution is -2.27. The fourth-order valence-corrected chi connectivity index (χ4v) is 3.36. The number of pyridine rings is 1. The third kappa shape index (κ3) is 2.56. The zero-order valence-electron chi connectivity index (χ0n) is 13.7. The molecule has 0 radical (unpaired) electrons. The molecule has 0 atom stereocenters. The maximum absolute atomic E-state index is 12.8. The fourth-order valence-electron chi connectivity index (χ4n) is 3.36. The van der Waals surface area contributed by atoms with Crippen molar-refractivity contribution in [3.63, 3.8) is 0 Å². The van der Waals surface area contributed by atoms with Gasteiger partial charge in [0, 0.05) is 26.1 Å². The molecule has 0 saturated heterocycles. The molecule has 1 N–H and O–H groups in total. The van der Waals surface area contributed by atoms with Gasteiger partial charge in [0.15, 0.2) is 5.82 Å². The van der Waals surface area contributed by atoms with Gasteiger partial charge >= 0.3 is 0 Å². The molecular formula is C19H22N4O. The Morgan fingerprint density at radius 3 is 2.79 bits per heavy atom. The Hall–Kier alpha value is -2.69. The first-order valence-corrected chi connectivity index (χ1v) is 8.33. The largest absolute Gasteiger partial charge is 0.308 e. The molecule has 1 fully saturated rings. The molecule has 0 aromatic carbocycles. The minimum atomic E-state index is -0.346. The number of hydrogen-bond acceptors (Lipinski definition) is 3. The zero-order valence-corrected chi connectivity index (χ0v) is 13.7. The van der Waals surface area contributed by atoms with Gasteiger partial charge in [-0.2, -0.15) is 5.10 Å². The van der Waals surface area contributed by atoms with Crippen LogP contribution in [0.25, 0.3) is 5.69 Å². The summed E-state index contributed by atoms with van der Waals surface area (Å²) in [4.78, 5) is 16.9. The molecule has 0 aliphatic heterocycles. The van der Waals surface area contributed by atoms with Crippen LogP contribution in [0.4, 0.5) is 5.82 Å². The van der Waals surface area contributed by atoms with Gasteiger partial charge in [-0.3, -0.25) is 9.78 Å². The van der Waals surface area contributed by atoms with Gasteiger partial charge in [-0.15, -0.1) is 0 Å². The number of carbonyl (C=O) groups is 1. The lowest BCUT2D eigenvalue weighted by molar-refractivity contribution is -0.119. The highest BCUT2D eigenvalue weighted by Crippen LogP contribution is 2.55. The van der Waals surface area contributed by atoms with Gasteiger partial charge in [-0.1, -0.05) is 17.7 Å². The predicted molar refractivity (Wildman–Crippen MR) is 94.8 cm³/mol. The van der Waals surface area contributed by atoms with Crippen molar-refractivity contribution in [2.24, 2.45) is 5.41 Å². The number of allylic oxidation sites excluding steroid dienone is 3. The smallest absolute Gasteiger partial charge is 0.236 e. The molecule has 0 bridgehead atoms. The van der Waals surface area contributed by atoms with Crippen LogP contribution in [0.15, 0.2) is 60.1 Å². The minimum Gasteiger partial charge on any atom is -0.308 e. The van der Waals surface area contributed by atoms with Crippen LogP contribution in [0.5, 0.6) is 0 Å². The number of carbonyl (C=O) groups excluding carboxylic acids is 1. The van der Waals surface area contributed by atoms with Gasteiger partial charge in [0.25, 0.3) is 0 Å². The topological polar surface area (TPSA) is 59.8 Å². The number of nitrogens with one attached hydrogen (secondary N) is 1. The van der Waals surface area contributed by atoms with Gasteiger partial charge in [0.1, 0.15) is 0 Å². The standard InChI is InChI=1S/C19H20N4O.H2/c1-14-4-2-3-5-16(14)19(9-10-19)18(24)21-17-8-13-23(22-17)15-6-11-20-12-7-15;/h3,5-8,11-13H,2,4,9-10H2,1H3,(H,21,22,24);1H. The summed E-state index contributed by atoms with van der Waals surface area (Å²) in [6.07, 6.45) is 13.6. The molecule has 2 aromatic rings. The highest BCUT2D eigenvalue weighted by Gasteiger charge is 2.52. The first-order valence-electron chi connectivity index (χ1n) is 8.33. The number of hydrogen-bond donors (Lipinski definition) is 1. The maximum atomic E-state index is 12.8. The van der Waals surface area contributed by atoms with Crippen molar-refractivity contribution >= 4 is 11.7 Å². The number of aromatic nitrogens is 3. The predicted octanol–water partition coefficient (Wildman–Crippen LogP) is 3.90. The van der Waals surface area contributed by atoms with Gasteiger partial charge < -0.3 is 5.32 Å². The fraction of sp³-hybridized carbons (Fsp3) is 0.316. The molecule has 2 heterocycles. The van der Waals surface area contributed by atoms with Crippen LogP contribution in [0.1, 0.15) is 34.0 Å². The monoisotopic (exact) mass is 322 g/mol. The average molecular weight is 322 g/mol. The SMILES string of the molecule is CC1=C(C2(C(=O)Nc3ccn(-c4ccncc4)n3)CC2)C=CCC1.[HH]. The molecule has 5 heteroatoms. The van der Waals surface area contributed by atoms with E-state index in [1.54, 1.807) is 17.1 Å². The van der Waals surface area contributed by atoms with Crippen molar-refractivity contribution in [2.75, 3.05) is 5.32 Å². The van der Waals surface area contributed by atoms with E-state index >= 15 is 0 Å². The molecule has 5 nitrogen and oxygen atoms in total. The normalized spacial score (nSPS) is 18.5. The van der Waals surface area contributed by atoms with Crippen LogP contribution in [0.2, 0.25) is 0 Å². The molecule has 2 aromatic heterocycles. The van der Waals surface area contributed by atoms with Crippen LogP contribution in [-0.2, 0) is 4.79 Å². The average Bonchev–Trinajstić information content (AvgIpc) is 3.29. The molecule has 1 amide bonds. The highest BCUT2D eigenvalue weighted by molar-refractivity contribution is 5.99. The first-order chi connectivity index (χ1) is 11.7. The molecule has 0 unspecified atom stereocenters. The van der Waals surface area contributed by atoms with Crippen LogP contribution >= 0.6 is 0 Å². The summed E-state index contributed by atoms with van der Waals surface area (Å²) in [5, 5.41) is 7.45. The van der Waals surface area contributed by atoms with E-state index in [-0.39, 0.29) is 12.7 Å². The summed E-state index contributed by atoms with van der Waals surface area (Å²) in [7, 11) is 0. The zero-order chi connectivity index (χ0) is 16.6. The van der Waals surface area contributed by atoms with Crippen LogP contribution in [0, 0.1) is 5.41 Å². The number of nitrogens with zero attached hydrogens (tertiary/aromatic N) is 3. The second kappa shape index (κ2) is 5.74. The van der Waals surface area contributed by atoms with Crippen molar-refractivity contribution < 1.29 is 6.22 Å². The van der Waals surface area contributed by atoms with Gasteiger partial charge in [-0.05, 0) is 50.3 Å². The molecule has 2 aliphatic carbocycles. The van der Waals surface area contributed by atoms with Crippen LogP contribution in [0.3, 0.4) is 0 Å². The third-order valence-electron chi connectivity index (χ3n) is 4.89.